The summed E-state index contributed by atoms with van der Waals surface area (Å²) >= 11 is 0. The fraction of sp³-hybridized carbons (Fsp3) is 0. The molecule has 7 rings (SSSR count). The number of para-hydroxylation sites is 2. The Labute approximate surface area is 195 Å². The number of hydrogen-bond donors (Lipinski definition) is 0. The van der Waals surface area contributed by atoms with E-state index >= 15 is 0 Å². The zero-order chi connectivity index (χ0) is 22.6. The van der Waals surface area contributed by atoms with Gasteiger partial charge in [0.1, 0.15) is 22.3 Å². The predicted molar refractivity (Wildman–Crippen MR) is 137 cm³/mol. The van der Waals surface area contributed by atoms with Crippen LogP contribution in [0.1, 0.15) is 5.56 Å². The molecule has 0 amide bonds. The molecule has 0 atom stereocenters. The maximum atomic E-state index is 9.35. The second kappa shape index (κ2) is 7.10. The molecule has 158 valence electrons. The lowest BCUT2D eigenvalue weighted by atomic mass is 9.93. The van der Waals surface area contributed by atoms with Crippen LogP contribution >= 0.6 is 0 Å². The van der Waals surface area contributed by atoms with Crippen molar-refractivity contribution in [1.29, 1.82) is 5.26 Å². The van der Waals surface area contributed by atoms with Gasteiger partial charge in [-0.1, -0.05) is 66.7 Å². The topological polar surface area (TPSA) is 50.1 Å². The smallest absolute Gasteiger partial charge is 0.144 e. The number of benzene rings is 5. The molecular formula is C31H17NO2. The number of nitrogens with zero attached hydrogens (tertiary/aromatic N) is 1. The molecule has 0 saturated carbocycles. The molecule has 7 aromatic rings. The lowest BCUT2D eigenvalue weighted by Crippen LogP contribution is -1.85. The van der Waals surface area contributed by atoms with Crippen molar-refractivity contribution in [3.8, 4) is 28.3 Å². The van der Waals surface area contributed by atoms with Crippen molar-refractivity contribution in [1.82, 2.24) is 0 Å². The Morgan fingerprint density at radius 1 is 0.529 bits per heavy atom. The van der Waals surface area contributed by atoms with Crippen LogP contribution in [0.15, 0.2) is 112 Å². The number of nitriles is 1. The predicted octanol–water partition coefficient (Wildman–Crippen LogP) is 8.69. The fourth-order valence-corrected chi connectivity index (χ4v) is 4.96. The van der Waals surface area contributed by atoms with Gasteiger partial charge in [0.05, 0.1) is 11.6 Å². The molecule has 5 aromatic carbocycles. The largest absolute Gasteiger partial charge is 0.456 e. The van der Waals surface area contributed by atoms with Crippen LogP contribution in [0.25, 0.3) is 66.1 Å². The molecular weight excluding hydrogens is 418 g/mol. The number of hydrogen-bond acceptors (Lipinski definition) is 3. The maximum absolute atomic E-state index is 9.35. The van der Waals surface area contributed by atoms with Crippen LogP contribution in [0.2, 0.25) is 0 Å². The molecule has 0 fully saturated rings. The van der Waals surface area contributed by atoms with Crippen LogP contribution in [0.3, 0.4) is 0 Å². The van der Waals surface area contributed by atoms with Crippen molar-refractivity contribution in [2.45, 2.75) is 0 Å². The summed E-state index contributed by atoms with van der Waals surface area (Å²) in [5.74, 6) is 0. The van der Waals surface area contributed by atoms with E-state index in [4.69, 9.17) is 8.83 Å². The van der Waals surface area contributed by atoms with E-state index in [-0.39, 0.29) is 0 Å². The quantitative estimate of drug-likeness (QED) is 0.273. The van der Waals surface area contributed by atoms with Gasteiger partial charge in [-0.2, -0.15) is 5.26 Å². The van der Waals surface area contributed by atoms with E-state index in [2.05, 4.69) is 48.5 Å². The molecule has 2 heterocycles. The molecule has 0 N–H and O–H groups in total. The van der Waals surface area contributed by atoms with Gasteiger partial charge in [-0.3, -0.25) is 0 Å². The van der Waals surface area contributed by atoms with Crippen molar-refractivity contribution >= 4 is 43.9 Å². The Balaban J connectivity index is 1.61. The van der Waals surface area contributed by atoms with Crippen LogP contribution in [0.5, 0.6) is 0 Å². The van der Waals surface area contributed by atoms with Gasteiger partial charge in [-0.25, -0.2) is 0 Å². The first-order valence-corrected chi connectivity index (χ1v) is 11.2. The number of rotatable bonds is 2. The van der Waals surface area contributed by atoms with E-state index in [1.807, 2.05) is 60.7 Å². The van der Waals surface area contributed by atoms with Crippen molar-refractivity contribution in [2.24, 2.45) is 0 Å². The van der Waals surface area contributed by atoms with Crippen LogP contribution in [0.4, 0.5) is 0 Å². The molecule has 0 aliphatic carbocycles. The molecule has 0 radical (unpaired) electrons. The Bertz CT molecular complexity index is 1920. The van der Waals surface area contributed by atoms with E-state index in [9.17, 15) is 5.26 Å². The van der Waals surface area contributed by atoms with Gasteiger partial charge in [-0.05, 0) is 53.1 Å². The van der Waals surface area contributed by atoms with Gasteiger partial charge >= 0.3 is 0 Å². The summed E-state index contributed by atoms with van der Waals surface area (Å²) in [7, 11) is 0. The van der Waals surface area contributed by atoms with Crippen molar-refractivity contribution in [3.63, 3.8) is 0 Å². The van der Waals surface area contributed by atoms with E-state index in [0.29, 0.717) is 5.56 Å². The van der Waals surface area contributed by atoms with Crippen molar-refractivity contribution < 1.29 is 8.83 Å². The van der Waals surface area contributed by atoms with Gasteiger partial charge in [0.15, 0.2) is 0 Å². The SMILES string of the molecule is N#Cc1cccc(-c2cccc(-c3c4oc5ccccc5c4cc4oc5ccccc5c34)c2)c1. The van der Waals surface area contributed by atoms with Crippen molar-refractivity contribution in [3.05, 3.63) is 109 Å². The monoisotopic (exact) mass is 435 g/mol. The maximum Gasteiger partial charge on any atom is 0.144 e. The summed E-state index contributed by atoms with van der Waals surface area (Å²) in [4.78, 5) is 0. The van der Waals surface area contributed by atoms with Gasteiger partial charge in [0.25, 0.3) is 0 Å². The summed E-state index contributed by atoms with van der Waals surface area (Å²) in [6, 6.07) is 36.7. The van der Waals surface area contributed by atoms with Crippen LogP contribution < -0.4 is 0 Å². The molecule has 0 aliphatic rings. The molecule has 3 heteroatoms. The van der Waals surface area contributed by atoms with Gasteiger partial charge in [0.2, 0.25) is 0 Å². The van der Waals surface area contributed by atoms with Crippen LogP contribution in [-0.2, 0) is 0 Å². The number of fused-ring (bicyclic) bond motifs is 6. The molecule has 34 heavy (non-hydrogen) atoms. The first-order chi connectivity index (χ1) is 16.8. The van der Waals surface area contributed by atoms with E-state index in [1.165, 1.54) is 0 Å². The third kappa shape index (κ3) is 2.69. The van der Waals surface area contributed by atoms with E-state index in [1.54, 1.807) is 0 Å². The molecule has 0 bridgehead atoms. The van der Waals surface area contributed by atoms with Gasteiger partial charge in [0, 0.05) is 27.1 Å². The fourth-order valence-electron chi connectivity index (χ4n) is 4.96. The molecule has 0 unspecified atom stereocenters. The minimum absolute atomic E-state index is 0.644. The van der Waals surface area contributed by atoms with Gasteiger partial charge in [-0.15, -0.1) is 0 Å². The second-order valence-electron chi connectivity index (χ2n) is 8.47. The van der Waals surface area contributed by atoms with E-state index in [0.717, 1.165) is 66.1 Å². The molecule has 0 saturated heterocycles. The Kier molecular flexibility index (Phi) is 3.91. The highest BCUT2D eigenvalue weighted by molar-refractivity contribution is 6.23. The average Bonchev–Trinajstić information content (AvgIpc) is 3.45. The highest BCUT2D eigenvalue weighted by atomic mass is 16.3. The first kappa shape index (κ1) is 18.7. The van der Waals surface area contributed by atoms with Crippen LogP contribution in [-0.4, -0.2) is 0 Å². The number of furan rings is 2. The summed E-state index contributed by atoms with van der Waals surface area (Å²) in [5.41, 5.74) is 8.16. The summed E-state index contributed by atoms with van der Waals surface area (Å²) in [5, 5.41) is 13.6. The first-order valence-electron chi connectivity index (χ1n) is 11.2. The standard InChI is InChI=1S/C31H17NO2/c32-18-19-7-5-8-20(15-19)21-9-6-10-22(16-21)29-30-24-12-2-4-14-27(24)33-28(30)17-25-23-11-1-3-13-26(23)34-31(25)29/h1-17H. The van der Waals surface area contributed by atoms with Crippen molar-refractivity contribution in [2.75, 3.05) is 0 Å². The van der Waals surface area contributed by atoms with E-state index < -0.39 is 0 Å². The lowest BCUT2D eigenvalue weighted by molar-refractivity contribution is 0.664. The Morgan fingerprint density at radius 2 is 1.21 bits per heavy atom. The zero-order valence-electron chi connectivity index (χ0n) is 18.1. The highest BCUT2D eigenvalue weighted by Crippen LogP contribution is 2.45. The summed E-state index contributed by atoms with van der Waals surface area (Å²) in [6.45, 7) is 0. The van der Waals surface area contributed by atoms with Crippen LogP contribution in [0, 0.1) is 11.3 Å². The second-order valence-corrected chi connectivity index (χ2v) is 8.47. The summed E-state index contributed by atoms with van der Waals surface area (Å²) < 4.78 is 12.8. The molecule has 0 spiro atoms. The Hall–Kier alpha value is -4.81. The molecule has 0 aliphatic heterocycles. The third-order valence-electron chi connectivity index (χ3n) is 6.49. The minimum Gasteiger partial charge on any atom is -0.456 e. The average molecular weight is 435 g/mol. The zero-order valence-corrected chi connectivity index (χ0v) is 18.1. The third-order valence-corrected chi connectivity index (χ3v) is 6.49. The minimum atomic E-state index is 0.644. The van der Waals surface area contributed by atoms with Gasteiger partial charge < -0.3 is 8.83 Å². The molecule has 3 nitrogen and oxygen atoms in total. The lowest BCUT2D eigenvalue weighted by Gasteiger charge is -2.09. The Morgan fingerprint density at radius 3 is 2.03 bits per heavy atom. The molecule has 2 aromatic heterocycles. The normalized spacial score (nSPS) is 11.5. The highest BCUT2D eigenvalue weighted by Gasteiger charge is 2.21. The summed E-state index contributed by atoms with van der Waals surface area (Å²) in [6.07, 6.45) is 0.